The number of ether oxygens (including phenoxy) is 3. The van der Waals surface area contributed by atoms with Crippen LogP contribution in [-0.4, -0.2) is 50.1 Å². The van der Waals surface area contributed by atoms with Gasteiger partial charge in [0.1, 0.15) is 19.0 Å². The fraction of sp³-hybridized carbons (Fsp3) is 0.333. The van der Waals surface area contributed by atoms with Crippen molar-refractivity contribution < 1.29 is 28.9 Å². The van der Waals surface area contributed by atoms with Gasteiger partial charge in [-0.25, -0.2) is 9.59 Å². The molecule has 1 aliphatic rings. The summed E-state index contributed by atoms with van der Waals surface area (Å²) in [6, 6.07) is 13.3. The van der Waals surface area contributed by atoms with Crippen molar-refractivity contribution in [3.8, 4) is 16.9 Å². The number of rotatable bonds is 11. The molecular formula is C27H31NO6. The Morgan fingerprint density at radius 1 is 1.09 bits per heavy atom. The number of carbonyl (C=O) groups is 2. The van der Waals surface area contributed by atoms with Gasteiger partial charge < -0.3 is 19.3 Å². The highest BCUT2D eigenvalue weighted by molar-refractivity contribution is 5.98. The lowest BCUT2D eigenvalue weighted by molar-refractivity contribution is -0.132. The first-order valence-electron chi connectivity index (χ1n) is 11.5. The van der Waals surface area contributed by atoms with Gasteiger partial charge in [0.05, 0.1) is 12.3 Å². The van der Waals surface area contributed by atoms with Crippen LogP contribution in [0.1, 0.15) is 31.7 Å². The van der Waals surface area contributed by atoms with Crippen molar-refractivity contribution >= 4 is 23.8 Å². The van der Waals surface area contributed by atoms with E-state index in [1.807, 2.05) is 42.5 Å². The standard InChI is InChI=1S/C27H31NO6/c1-3-5-15-32-16-17-33-24-9-6-20(7-10-24)21-8-11-25-23(18-21)19-22(26(29)30)12-13-28(25)27(31)34-14-4-2/h4,6-11,18-19H,2-3,5,12-17H2,1H3,(H,29,30). The maximum absolute atomic E-state index is 12.6. The van der Waals surface area contributed by atoms with Crippen molar-refractivity contribution in [2.45, 2.75) is 26.2 Å². The molecule has 7 nitrogen and oxygen atoms in total. The predicted octanol–water partition coefficient (Wildman–Crippen LogP) is 5.55. The summed E-state index contributed by atoms with van der Waals surface area (Å²) in [6.45, 7) is 7.78. The molecule has 1 heterocycles. The van der Waals surface area contributed by atoms with Gasteiger partial charge in [-0.15, -0.1) is 0 Å². The molecule has 0 radical (unpaired) electrons. The van der Waals surface area contributed by atoms with Crippen molar-refractivity contribution in [3.63, 3.8) is 0 Å². The number of amides is 1. The minimum Gasteiger partial charge on any atom is -0.491 e. The fourth-order valence-electron chi connectivity index (χ4n) is 3.59. The quantitative estimate of drug-likeness (QED) is 0.346. The molecule has 7 heteroatoms. The van der Waals surface area contributed by atoms with E-state index in [1.165, 1.54) is 11.0 Å². The van der Waals surface area contributed by atoms with Crippen LogP contribution in [0.5, 0.6) is 5.75 Å². The molecule has 0 atom stereocenters. The lowest BCUT2D eigenvalue weighted by Gasteiger charge is -2.22. The van der Waals surface area contributed by atoms with E-state index >= 15 is 0 Å². The SMILES string of the molecule is C=CCOC(=O)N1CCC(C(=O)O)=Cc2cc(-c3ccc(OCCOCCCC)cc3)ccc21. The lowest BCUT2D eigenvalue weighted by Crippen LogP contribution is -2.32. The van der Waals surface area contributed by atoms with Gasteiger partial charge >= 0.3 is 12.1 Å². The predicted molar refractivity (Wildman–Crippen MR) is 132 cm³/mol. The van der Waals surface area contributed by atoms with Gasteiger partial charge in [-0.1, -0.05) is 44.2 Å². The molecule has 34 heavy (non-hydrogen) atoms. The van der Waals surface area contributed by atoms with Crippen LogP contribution in [0.25, 0.3) is 17.2 Å². The van der Waals surface area contributed by atoms with Crippen LogP contribution in [0.2, 0.25) is 0 Å². The van der Waals surface area contributed by atoms with Crippen LogP contribution in [0.4, 0.5) is 10.5 Å². The van der Waals surface area contributed by atoms with Crippen LogP contribution in [-0.2, 0) is 14.3 Å². The van der Waals surface area contributed by atoms with Crippen molar-refractivity contribution in [2.75, 3.05) is 37.9 Å². The van der Waals surface area contributed by atoms with Crippen LogP contribution in [0.3, 0.4) is 0 Å². The van der Waals surface area contributed by atoms with Crippen LogP contribution in [0.15, 0.2) is 60.7 Å². The zero-order chi connectivity index (χ0) is 24.3. The number of aliphatic carboxylic acids is 1. The summed E-state index contributed by atoms with van der Waals surface area (Å²) in [5, 5.41) is 9.56. The van der Waals surface area contributed by atoms with E-state index in [1.54, 1.807) is 6.08 Å². The highest BCUT2D eigenvalue weighted by Gasteiger charge is 2.25. The van der Waals surface area contributed by atoms with Gasteiger partial charge in [0.15, 0.2) is 0 Å². The second-order valence-electron chi connectivity index (χ2n) is 7.85. The summed E-state index contributed by atoms with van der Waals surface area (Å²) in [4.78, 5) is 25.7. The Hall–Kier alpha value is -3.58. The first-order valence-corrected chi connectivity index (χ1v) is 11.5. The summed E-state index contributed by atoms with van der Waals surface area (Å²) in [5.74, 6) is -0.250. The lowest BCUT2D eigenvalue weighted by atomic mass is 10.0. The second-order valence-corrected chi connectivity index (χ2v) is 7.85. The van der Waals surface area contributed by atoms with Gasteiger partial charge in [-0.3, -0.25) is 4.90 Å². The molecule has 1 aliphatic heterocycles. The number of carbonyl (C=O) groups excluding carboxylic acids is 1. The molecular weight excluding hydrogens is 434 g/mol. The topological polar surface area (TPSA) is 85.3 Å². The largest absolute Gasteiger partial charge is 0.491 e. The number of carboxylic acid groups (broad SMARTS) is 1. The number of benzene rings is 2. The third-order valence-corrected chi connectivity index (χ3v) is 5.40. The van der Waals surface area contributed by atoms with E-state index in [0.717, 1.165) is 36.3 Å². The zero-order valence-corrected chi connectivity index (χ0v) is 19.5. The molecule has 0 spiro atoms. The summed E-state index contributed by atoms with van der Waals surface area (Å²) < 4.78 is 16.4. The summed E-state index contributed by atoms with van der Waals surface area (Å²) in [7, 11) is 0. The molecule has 1 N–H and O–H groups in total. The number of nitrogens with zero attached hydrogens (tertiary/aromatic N) is 1. The Kier molecular flexibility index (Phi) is 9.29. The molecule has 0 saturated heterocycles. The zero-order valence-electron chi connectivity index (χ0n) is 19.5. The van der Waals surface area contributed by atoms with Crippen LogP contribution < -0.4 is 9.64 Å². The third kappa shape index (κ3) is 6.71. The first kappa shape index (κ1) is 25.1. The van der Waals surface area contributed by atoms with E-state index in [0.29, 0.717) is 24.5 Å². The Bertz CT molecular complexity index is 1030. The average Bonchev–Trinajstić information content (AvgIpc) is 3.04. The van der Waals surface area contributed by atoms with E-state index in [9.17, 15) is 14.7 Å². The minimum absolute atomic E-state index is 0.0846. The number of fused-ring (bicyclic) bond motifs is 1. The van der Waals surface area contributed by atoms with Crippen LogP contribution in [0, 0.1) is 0 Å². The highest BCUT2D eigenvalue weighted by Crippen LogP contribution is 2.33. The van der Waals surface area contributed by atoms with Gasteiger partial charge in [0, 0.05) is 18.7 Å². The average molecular weight is 466 g/mol. The third-order valence-electron chi connectivity index (χ3n) is 5.40. The molecule has 3 rings (SSSR count). The molecule has 0 saturated carbocycles. The number of hydrogen-bond acceptors (Lipinski definition) is 5. The normalized spacial score (nSPS) is 12.9. The molecule has 0 bridgehead atoms. The summed E-state index contributed by atoms with van der Waals surface area (Å²) in [6.07, 6.45) is 4.96. The van der Waals surface area contributed by atoms with Crippen molar-refractivity contribution in [1.29, 1.82) is 0 Å². The Balaban J connectivity index is 1.77. The molecule has 0 fully saturated rings. The molecule has 0 unspecified atom stereocenters. The second kappa shape index (κ2) is 12.6. The maximum atomic E-state index is 12.6. The van der Waals surface area contributed by atoms with Crippen molar-refractivity contribution in [2.24, 2.45) is 0 Å². The first-order chi connectivity index (χ1) is 16.5. The monoisotopic (exact) mass is 465 g/mol. The van der Waals surface area contributed by atoms with Gasteiger partial charge in [-0.2, -0.15) is 0 Å². The number of hydrogen-bond donors (Lipinski definition) is 1. The smallest absolute Gasteiger partial charge is 0.414 e. The van der Waals surface area contributed by atoms with E-state index < -0.39 is 12.1 Å². The maximum Gasteiger partial charge on any atom is 0.414 e. The van der Waals surface area contributed by atoms with E-state index in [2.05, 4.69) is 13.5 Å². The minimum atomic E-state index is -1.00. The van der Waals surface area contributed by atoms with Gasteiger partial charge in [0.25, 0.3) is 0 Å². The number of anilines is 1. The van der Waals surface area contributed by atoms with Crippen molar-refractivity contribution in [1.82, 2.24) is 0 Å². The summed E-state index contributed by atoms with van der Waals surface area (Å²) >= 11 is 0. The molecule has 2 aromatic carbocycles. The van der Waals surface area contributed by atoms with Gasteiger partial charge in [-0.05, 0) is 59.9 Å². The Morgan fingerprint density at radius 3 is 2.56 bits per heavy atom. The number of unbranched alkanes of at least 4 members (excludes halogenated alkanes) is 1. The molecule has 2 aromatic rings. The van der Waals surface area contributed by atoms with Gasteiger partial charge in [0.2, 0.25) is 0 Å². The highest BCUT2D eigenvalue weighted by atomic mass is 16.6. The fourth-order valence-corrected chi connectivity index (χ4v) is 3.59. The Morgan fingerprint density at radius 2 is 1.85 bits per heavy atom. The Labute approximate surface area is 200 Å². The molecule has 0 aromatic heterocycles. The molecule has 1 amide bonds. The van der Waals surface area contributed by atoms with Crippen LogP contribution >= 0.6 is 0 Å². The summed E-state index contributed by atoms with van der Waals surface area (Å²) in [5.41, 5.74) is 3.34. The van der Waals surface area contributed by atoms with E-state index in [4.69, 9.17) is 14.2 Å². The van der Waals surface area contributed by atoms with E-state index in [-0.39, 0.29) is 25.1 Å². The van der Waals surface area contributed by atoms with Crippen molar-refractivity contribution in [3.05, 3.63) is 66.3 Å². The molecule has 0 aliphatic carbocycles. The molecule has 180 valence electrons. The number of carboxylic acids is 1.